The Labute approximate surface area is 178 Å². The average molecular weight is 442 g/mol. The number of halogens is 4. The van der Waals surface area contributed by atoms with Crippen LogP contribution in [-0.2, 0) is 5.41 Å². The molecule has 0 N–H and O–H groups in total. The van der Waals surface area contributed by atoms with Crippen molar-refractivity contribution in [2.45, 2.75) is 19.3 Å². The van der Waals surface area contributed by atoms with Crippen molar-refractivity contribution in [3.63, 3.8) is 0 Å². The van der Waals surface area contributed by atoms with Crippen molar-refractivity contribution in [2.75, 3.05) is 0 Å². The SMILES string of the molecule is CC(C)(c1ccc(C(=O)C=CCl)c(Cl)c1)c1ccc(C(=O)C=CCl)c(Cl)c1. The van der Waals surface area contributed by atoms with Gasteiger partial charge in [0.05, 0.1) is 10.0 Å². The molecule has 0 amide bonds. The fraction of sp³-hybridized carbons (Fsp3) is 0.143. The normalized spacial score (nSPS) is 12.1. The van der Waals surface area contributed by atoms with Gasteiger partial charge in [0.1, 0.15) is 0 Å². The molecule has 0 saturated heterocycles. The van der Waals surface area contributed by atoms with E-state index in [0.717, 1.165) is 22.2 Å². The Bertz CT molecular complexity index is 868. The highest BCUT2D eigenvalue weighted by atomic mass is 35.5. The molecular formula is C21H16Cl4O2. The summed E-state index contributed by atoms with van der Waals surface area (Å²) in [5, 5.41) is 0.677. The van der Waals surface area contributed by atoms with Gasteiger partial charge in [-0.25, -0.2) is 0 Å². The van der Waals surface area contributed by atoms with E-state index < -0.39 is 5.41 Å². The lowest BCUT2D eigenvalue weighted by Crippen LogP contribution is -2.19. The van der Waals surface area contributed by atoms with Gasteiger partial charge in [-0.2, -0.15) is 0 Å². The summed E-state index contributed by atoms with van der Waals surface area (Å²) >= 11 is 23.5. The lowest BCUT2D eigenvalue weighted by molar-refractivity contribution is 0.103. The maximum atomic E-state index is 12.0. The molecule has 0 radical (unpaired) electrons. The van der Waals surface area contributed by atoms with Gasteiger partial charge in [-0.15, -0.1) is 0 Å². The first-order valence-corrected chi connectivity index (χ1v) is 9.57. The quantitative estimate of drug-likeness (QED) is 0.351. The maximum absolute atomic E-state index is 12.0. The fourth-order valence-electron chi connectivity index (χ4n) is 2.67. The molecule has 0 aliphatic carbocycles. The number of carbonyl (C=O) groups excluding carboxylic acids is 2. The van der Waals surface area contributed by atoms with Gasteiger partial charge in [0.15, 0.2) is 11.6 Å². The molecule has 0 spiro atoms. The summed E-state index contributed by atoms with van der Waals surface area (Å²) in [6, 6.07) is 10.5. The van der Waals surface area contributed by atoms with Crippen molar-refractivity contribution in [2.24, 2.45) is 0 Å². The molecule has 2 rings (SSSR count). The van der Waals surface area contributed by atoms with E-state index in [0.29, 0.717) is 21.2 Å². The lowest BCUT2D eigenvalue weighted by atomic mass is 9.77. The van der Waals surface area contributed by atoms with Crippen molar-refractivity contribution in [3.8, 4) is 0 Å². The molecule has 0 unspecified atom stereocenters. The van der Waals surface area contributed by atoms with Gasteiger partial charge in [-0.3, -0.25) is 9.59 Å². The first kappa shape index (κ1) is 21.7. The minimum atomic E-state index is -0.457. The predicted octanol–water partition coefficient (Wildman–Crippen LogP) is 7.19. The van der Waals surface area contributed by atoms with Crippen molar-refractivity contribution in [3.05, 3.63) is 91.9 Å². The number of allylic oxidation sites excluding steroid dienone is 2. The van der Waals surface area contributed by atoms with Gasteiger partial charge in [0.2, 0.25) is 0 Å². The van der Waals surface area contributed by atoms with Crippen LogP contribution in [0.15, 0.2) is 59.6 Å². The number of carbonyl (C=O) groups is 2. The van der Waals surface area contributed by atoms with Crippen molar-refractivity contribution < 1.29 is 9.59 Å². The number of hydrogen-bond acceptors (Lipinski definition) is 2. The molecule has 0 aliphatic rings. The largest absolute Gasteiger partial charge is 0.289 e. The van der Waals surface area contributed by atoms with Gasteiger partial charge in [0, 0.05) is 27.6 Å². The highest BCUT2D eigenvalue weighted by Gasteiger charge is 2.25. The highest BCUT2D eigenvalue weighted by Crippen LogP contribution is 2.36. The second kappa shape index (κ2) is 9.07. The molecule has 0 aliphatic heterocycles. The Balaban J connectivity index is 2.44. The van der Waals surface area contributed by atoms with E-state index in [1.807, 2.05) is 26.0 Å². The second-order valence-corrected chi connectivity index (χ2v) is 7.65. The number of ketones is 2. The Morgan fingerprint density at radius 1 is 0.778 bits per heavy atom. The van der Waals surface area contributed by atoms with Crippen LogP contribution in [0.25, 0.3) is 0 Å². The zero-order valence-corrected chi connectivity index (χ0v) is 17.6. The van der Waals surface area contributed by atoms with E-state index in [9.17, 15) is 9.59 Å². The van der Waals surface area contributed by atoms with Crippen LogP contribution in [0.1, 0.15) is 45.7 Å². The third kappa shape index (κ3) is 4.83. The molecule has 0 atom stereocenters. The third-order valence-electron chi connectivity index (χ3n) is 4.34. The van der Waals surface area contributed by atoms with Crippen LogP contribution in [0.2, 0.25) is 10.0 Å². The summed E-state index contributed by atoms with van der Waals surface area (Å²) < 4.78 is 0. The highest BCUT2D eigenvalue weighted by molar-refractivity contribution is 6.36. The van der Waals surface area contributed by atoms with Crippen LogP contribution in [-0.4, -0.2) is 11.6 Å². The zero-order valence-electron chi connectivity index (χ0n) is 14.6. The minimum absolute atomic E-state index is 0.266. The number of hydrogen-bond donors (Lipinski definition) is 0. The second-order valence-electron chi connectivity index (χ2n) is 6.33. The first-order chi connectivity index (χ1) is 12.7. The molecule has 0 bridgehead atoms. The molecule has 2 aromatic rings. The van der Waals surface area contributed by atoms with E-state index in [-0.39, 0.29) is 11.6 Å². The minimum Gasteiger partial charge on any atom is -0.289 e. The smallest absolute Gasteiger partial charge is 0.188 e. The Kier molecular flexibility index (Phi) is 7.30. The van der Waals surface area contributed by atoms with Crippen molar-refractivity contribution in [1.82, 2.24) is 0 Å². The molecule has 0 fully saturated rings. The molecule has 0 heterocycles. The van der Waals surface area contributed by atoms with Crippen LogP contribution in [0, 0.1) is 0 Å². The van der Waals surface area contributed by atoms with Gasteiger partial charge in [0.25, 0.3) is 0 Å². The van der Waals surface area contributed by atoms with Gasteiger partial charge in [-0.1, -0.05) is 72.4 Å². The zero-order chi connectivity index (χ0) is 20.2. The standard InChI is InChI=1S/C21H16Cl4O2/c1-21(2,13-3-5-15(17(24)11-13)19(26)7-9-22)14-4-6-16(18(25)12-14)20(27)8-10-23/h3-12H,1-2H3. The summed E-state index contributed by atoms with van der Waals surface area (Å²) in [6.45, 7) is 4.01. The molecule has 0 aromatic heterocycles. The fourth-order valence-corrected chi connectivity index (χ4v) is 3.44. The third-order valence-corrected chi connectivity index (χ3v) is 5.22. The molecule has 140 valence electrons. The number of benzene rings is 2. The van der Waals surface area contributed by atoms with E-state index in [4.69, 9.17) is 46.4 Å². The topological polar surface area (TPSA) is 34.1 Å². The van der Waals surface area contributed by atoms with Gasteiger partial charge < -0.3 is 0 Å². The average Bonchev–Trinajstić information content (AvgIpc) is 2.61. The Morgan fingerprint density at radius 2 is 1.15 bits per heavy atom. The summed E-state index contributed by atoms with van der Waals surface area (Å²) in [7, 11) is 0. The van der Waals surface area contributed by atoms with Gasteiger partial charge >= 0.3 is 0 Å². The van der Waals surface area contributed by atoms with Crippen LogP contribution in [0.5, 0.6) is 0 Å². The van der Waals surface area contributed by atoms with Crippen molar-refractivity contribution in [1.29, 1.82) is 0 Å². The molecule has 2 aromatic carbocycles. The predicted molar refractivity (Wildman–Crippen MR) is 114 cm³/mol. The van der Waals surface area contributed by atoms with Crippen LogP contribution in [0.4, 0.5) is 0 Å². The lowest BCUT2D eigenvalue weighted by Gasteiger charge is -2.27. The molecule has 0 saturated carbocycles. The maximum Gasteiger partial charge on any atom is 0.188 e. The Hall–Kier alpha value is -1.58. The van der Waals surface area contributed by atoms with E-state index in [1.54, 1.807) is 24.3 Å². The van der Waals surface area contributed by atoms with E-state index in [2.05, 4.69) is 0 Å². The van der Waals surface area contributed by atoms with Crippen LogP contribution in [0.3, 0.4) is 0 Å². The molecule has 2 nitrogen and oxygen atoms in total. The van der Waals surface area contributed by atoms with Crippen LogP contribution < -0.4 is 0 Å². The van der Waals surface area contributed by atoms with E-state index >= 15 is 0 Å². The molecule has 27 heavy (non-hydrogen) atoms. The monoisotopic (exact) mass is 440 g/mol. The summed E-state index contributed by atoms with van der Waals surface area (Å²) in [6.07, 6.45) is 2.50. The van der Waals surface area contributed by atoms with Gasteiger partial charge in [-0.05, 0) is 47.5 Å². The Morgan fingerprint density at radius 3 is 1.44 bits per heavy atom. The summed E-state index contributed by atoms with van der Waals surface area (Å²) in [5.41, 5.74) is 4.40. The van der Waals surface area contributed by atoms with Crippen molar-refractivity contribution >= 4 is 58.0 Å². The van der Waals surface area contributed by atoms with E-state index in [1.165, 1.54) is 12.2 Å². The summed E-state index contributed by atoms with van der Waals surface area (Å²) in [4.78, 5) is 24.0. The molecular weight excluding hydrogens is 426 g/mol. The number of rotatable bonds is 6. The first-order valence-electron chi connectivity index (χ1n) is 7.94. The van der Waals surface area contributed by atoms with Crippen LogP contribution >= 0.6 is 46.4 Å². The summed E-state index contributed by atoms with van der Waals surface area (Å²) in [5.74, 6) is -0.532. The molecule has 6 heteroatoms.